The van der Waals surface area contributed by atoms with Crippen LogP contribution < -0.4 is 0 Å². The summed E-state index contributed by atoms with van der Waals surface area (Å²) in [4.78, 5) is 13.6. The van der Waals surface area contributed by atoms with Gasteiger partial charge >= 0.3 is 0 Å². The number of aldehydes is 1. The smallest absolute Gasteiger partial charge is 0.137 e. The first-order valence-corrected chi connectivity index (χ1v) is 6.77. The minimum atomic E-state index is -0.151. The molecule has 2 fully saturated rings. The van der Waals surface area contributed by atoms with E-state index >= 15 is 0 Å². The second kappa shape index (κ2) is 4.36. The summed E-state index contributed by atoms with van der Waals surface area (Å²) < 4.78 is 6.14. The third-order valence-electron chi connectivity index (χ3n) is 4.18. The predicted molar refractivity (Wildman–Crippen MR) is 68.1 cm³/mol. The molecule has 0 N–H and O–H groups in total. The molecule has 0 aromatic carbocycles. The first kappa shape index (κ1) is 13.0. The average Bonchev–Trinajstić information content (AvgIpc) is 2.46. The highest BCUT2D eigenvalue weighted by atomic mass is 16.5. The molecule has 0 spiro atoms. The van der Waals surface area contributed by atoms with Crippen molar-refractivity contribution in [3.05, 3.63) is 0 Å². The number of carbonyl (C=O) groups is 1. The van der Waals surface area contributed by atoms with E-state index in [2.05, 4.69) is 32.6 Å². The minimum absolute atomic E-state index is 0.0704. The van der Waals surface area contributed by atoms with E-state index in [-0.39, 0.29) is 17.2 Å². The molecule has 0 bridgehead atoms. The second-order valence-corrected chi connectivity index (χ2v) is 6.62. The molecule has 0 radical (unpaired) electrons. The van der Waals surface area contributed by atoms with E-state index in [9.17, 15) is 4.79 Å². The second-order valence-electron chi connectivity index (χ2n) is 6.62. The zero-order valence-corrected chi connectivity index (χ0v) is 11.5. The highest BCUT2D eigenvalue weighted by Crippen LogP contribution is 2.41. The van der Waals surface area contributed by atoms with Gasteiger partial charge in [0.05, 0.1) is 17.2 Å². The Kier molecular flexibility index (Phi) is 3.34. The van der Waals surface area contributed by atoms with Crippen molar-refractivity contribution in [2.45, 2.75) is 76.7 Å². The van der Waals surface area contributed by atoms with Crippen molar-refractivity contribution in [2.24, 2.45) is 0 Å². The van der Waals surface area contributed by atoms with Crippen molar-refractivity contribution in [1.82, 2.24) is 4.90 Å². The highest BCUT2D eigenvalue weighted by molar-refractivity contribution is 5.57. The largest absolute Gasteiger partial charge is 0.368 e. The summed E-state index contributed by atoms with van der Waals surface area (Å²) in [6, 6.07) is 0.471. The van der Waals surface area contributed by atoms with E-state index in [0.29, 0.717) is 6.04 Å². The maximum absolute atomic E-state index is 11.2. The Morgan fingerprint density at radius 3 is 2.47 bits per heavy atom. The maximum Gasteiger partial charge on any atom is 0.137 e. The quantitative estimate of drug-likeness (QED) is 0.693. The van der Waals surface area contributed by atoms with Crippen molar-refractivity contribution < 1.29 is 9.53 Å². The van der Waals surface area contributed by atoms with E-state index < -0.39 is 0 Å². The Hall–Kier alpha value is -0.410. The van der Waals surface area contributed by atoms with Gasteiger partial charge in [-0.05, 0) is 53.5 Å². The van der Waals surface area contributed by atoms with E-state index in [1.165, 1.54) is 12.8 Å². The van der Waals surface area contributed by atoms with Gasteiger partial charge in [0.25, 0.3) is 0 Å². The number of piperidine rings is 1. The number of hydrogen-bond donors (Lipinski definition) is 0. The van der Waals surface area contributed by atoms with Crippen LogP contribution in [0.3, 0.4) is 0 Å². The predicted octanol–water partition coefficient (Wildman–Crippen LogP) is 2.39. The van der Waals surface area contributed by atoms with Crippen molar-refractivity contribution >= 4 is 6.29 Å². The number of carbonyl (C=O) groups excluding carboxylic acids is 1. The lowest BCUT2D eigenvalue weighted by Gasteiger charge is -2.41. The molecule has 2 rings (SSSR count). The van der Waals surface area contributed by atoms with Crippen LogP contribution in [0.4, 0.5) is 0 Å². The molecule has 0 aromatic heterocycles. The molecule has 2 saturated heterocycles. The van der Waals surface area contributed by atoms with Crippen molar-refractivity contribution in [3.8, 4) is 0 Å². The van der Waals surface area contributed by atoms with Gasteiger partial charge in [-0.3, -0.25) is 4.90 Å². The highest BCUT2D eigenvalue weighted by Gasteiger charge is 2.49. The normalized spacial score (nSPS) is 36.9. The summed E-state index contributed by atoms with van der Waals surface area (Å²) in [7, 11) is 0. The third kappa shape index (κ3) is 2.55. The van der Waals surface area contributed by atoms with Crippen LogP contribution in [-0.2, 0) is 9.53 Å². The number of rotatable bonds is 2. The molecule has 17 heavy (non-hydrogen) atoms. The van der Waals surface area contributed by atoms with Gasteiger partial charge < -0.3 is 9.53 Å². The number of hydrogen-bond acceptors (Lipinski definition) is 3. The summed E-state index contributed by atoms with van der Waals surface area (Å²) in [5.41, 5.74) is -0.221. The summed E-state index contributed by atoms with van der Waals surface area (Å²) in [6.07, 6.45) is 5.54. The molecule has 2 atom stereocenters. The van der Waals surface area contributed by atoms with Gasteiger partial charge in [-0.2, -0.15) is 0 Å². The van der Waals surface area contributed by atoms with Crippen LogP contribution >= 0.6 is 0 Å². The lowest BCUT2D eigenvalue weighted by Crippen LogP contribution is -2.53. The molecule has 0 saturated carbocycles. The number of likely N-dealkylation sites (tertiary alicyclic amines) is 1. The van der Waals surface area contributed by atoms with Crippen molar-refractivity contribution in [1.29, 1.82) is 0 Å². The molecule has 3 nitrogen and oxygen atoms in total. The Labute approximate surface area is 105 Å². The summed E-state index contributed by atoms with van der Waals surface area (Å²) >= 11 is 0. The van der Waals surface area contributed by atoms with E-state index in [1.54, 1.807) is 0 Å². The lowest BCUT2D eigenvalue weighted by atomic mass is 9.89. The molecule has 0 amide bonds. The molecule has 2 aliphatic heterocycles. The fraction of sp³-hybridized carbons (Fsp3) is 0.929. The maximum atomic E-state index is 11.2. The first-order chi connectivity index (χ1) is 7.86. The molecule has 0 aliphatic carbocycles. The monoisotopic (exact) mass is 239 g/mol. The molecule has 2 heterocycles. The van der Waals surface area contributed by atoms with Crippen LogP contribution in [0.5, 0.6) is 0 Å². The fourth-order valence-electron chi connectivity index (χ4n) is 3.56. The molecular formula is C14H25NO2. The third-order valence-corrected chi connectivity index (χ3v) is 4.18. The standard InChI is InChI=1S/C14H25NO2/c1-13(2)9-12(14(3,4)17-13)15-8-6-5-7-11(15)10-16/h10-12H,5-9H2,1-4H3. The van der Waals surface area contributed by atoms with Gasteiger partial charge in [0.1, 0.15) is 6.29 Å². The zero-order valence-electron chi connectivity index (χ0n) is 11.5. The van der Waals surface area contributed by atoms with Crippen LogP contribution in [-0.4, -0.2) is 41.0 Å². The van der Waals surface area contributed by atoms with Crippen molar-refractivity contribution in [3.63, 3.8) is 0 Å². The van der Waals surface area contributed by atoms with Gasteiger partial charge in [0, 0.05) is 6.04 Å². The van der Waals surface area contributed by atoms with Crippen LogP contribution in [0.15, 0.2) is 0 Å². The molecule has 98 valence electrons. The van der Waals surface area contributed by atoms with E-state index in [4.69, 9.17) is 4.74 Å². The summed E-state index contributed by atoms with van der Waals surface area (Å²) in [6.45, 7) is 9.64. The van der Waals surface area contributed by atoms with E-state index in [0.717, 1.165) is 25.7 Å². The zero-order chi connectivity index (χ0) is 12.7. The average molecular weight is 239 g/mol. The van der Waals surface area contributed by atoms with Crippen LogP contribution in [0.2, 0.25) is 0 Å². The van der Waals surface area contributed by atoms with Gasteiger partial charge in [0.2, 0.25) is 0 Å². The minimum Gasteiger partial charge on any atom is -0.368 e. The number of ether oxygens (including phenoxy) is 1. The molecule has 2 aliphatic rings. The van der Waals surface area contributed by atoms with Crippen LogP contribution in [0, 0.1) is 0 Å². The Morgan fingerprint density at radius 1 is 1.24 bits per heavy atom. The molecule has 2 unspecified atom stereocenters. The lowest BCUT2D eigenvalue weighted by molar-refractivity contribution is -0.118. The fourth-order valence-corrected chi connectivity index (χ4v) is 3.56. The SMILES string of the molecule is CC1(C)CC(N2CCCCC2C=O)C(C)(C)O1. The molecular weight excluding hydrogens is 214 g/mol. The van der Waals surface area contributed by atoms with Crippen LogP contribution in [0.1, 0.15) is 53.4 Å². The molecule has 0 aromatic rings. The summed E-state index contributed by atoms with van der Waals surface area (Å²) in [5.74, 6) is 0. The van der Waals surface area contributed by atoms with Gasteiger partial charge in [-0.15, -0.1) is 0 Å². The van der Waals surface area contributed by atoms with Gasteiger partial charge in [-0.25, -0.2) is 0 Å². The molecule has 3 heteroatoms. The van der Waals surface area contributed by atoms with Gasteiger partial charge in [0.15, 0.2) is 0 Å². The van der Waals surface area contributed by atoms with Crippen LogP contribution in [0.25, 0.3) is 0 Å². The first-order valence-electron chi connectivity index (χ1n) is 6.77. The van der Waals surface area contributed by atoms with Crippen molar-refractivity contribution in [2.75, 3.05) is 6.54 Å². The topological polar surface area (TPSA) is 29.5 Å². The Balaban J connectivity index is 2.17. The number of nitrogens with zero attached hydrogens (tertiary/aromatic N) is 1. The van der Waals surface area contributed by atoms with E-state index in [1.807, 2.05) is 0 Å². The Morgan fingerprint density at radius 2 is 1.94 bits per heavy atom. The Bertz CT molecular complexity index is 299. The summed E-state index contributed by atoms with van der Waals surface area (Å²) in [5, 5.41) is 0. The van der Waals surface area contributed by atoms with Gasteiger partial charge in [-0.1, -0.05) is 6.42 Å².